The van der Waals surface area contributed by atoms with Gasteiger partial charge in [-0.25, -0.2) is 8.62 Å². The van der Waals surface area contributed by atoms with E-state index in [1.807, 2.05) is 27.7 Å². The molecule has 166 valence electrons. The second-order valence-electron chi connectivity index (χ2n) is 4.48. The number of ether oxygens (including phenoxy) is 2. The molecule has 0 spiro atoms. The molecular formula is C12H28O12P3-3. The Labute approximate surface area is 159 Å². The molecule has 4 unspecified atom stereocenters. The summed E-state index contributed by atoms with van der Waals surface area (Å²) >= 11 is 0. The van der Waals surface area contributed by atoms with E-state index in [1.54, 1.807) is 6.92 Å². The molecule has 6 atom stereocenters. The minimum absolute atomic E-state index is 0.206. The van der Waals surface area contributed by atoms with Crippen LogP contribution >= 0.6 is 23.5 Å². The number of methoxy groups -OCH3 is 1. The lowest BCUT2D eigenvalue weighted by atomic mass is 10.1. The van der Waals surface area contributed by atoms with Crippen LogP contribution in [-0.2, 0) is 40.8 Å². The molecule has 27 heavy (non-hydrogen) atoms. The summed E-state index contributed by atoms with van der Waals surface area (Å²) in [7, 11) is -14.4. The predicted octanol–water partition coefficient (Wildman–Crippen LogP) is 1.33. The summed E-state index contributed by atoms with van der Waals surface area (Å²) in [5.41, 5.74) is 0. The van der Waals surface area contributed by atoms with Gasteiger partial charge < -0.3 is 33.2 Å². The van der Waals surface area contributed by atoms with E-state index in [4.69, 9.17) is 9.47 Å². The summed E-state index contributed by atoms with van der Waals surface area (Å²) in [6.07, 6.45) is -0.930. The Hall–Kier alpha value is 0.330. The van der Waals surface area contributed by atoms with Crippen LogP contribution < -0.4 is 14.7 Å². The van der Waals surface area contributed by atoms with E-state index in [0.29, 0.717) is 13.5 Å². The second-order valence-corrected chi connectivity index (χ2v) is 9.09. The zero-order chi connectivity index (χ0) is 21.9. The maximum Gasteiger partial charge on any atom is 0.280 e. The normalized spacial score (nSPS) is 28.4. The van der Waals surface area contributed by atoms with Crippen LogP contribution in [0.4, 0.5) is 0 Å². The Morgan fingerprint density at radius 3 is 1.85 bits per heavy atom. The molecule has 0 bridgehead atoms. The summed E-state index contributed by atoms with van der Waals surface area (Å²) in [5.74, 6) is 0. The van der Waals surface area contributed by atoms with Gasteiger partial charge in [0, 0.05) is 20.6 Å². The van der Waals surface area contributed by atoms with Gasteiger partial charge in [-0.1, -0.05) is 27.7 Å². The van der Waals surface area contributed by atoms with Crippen molar-refractivity contribution in [2.75, 3.05) is 20.8 Å². The standard InChI is InChI=1S/C8H19O12P3.2C2H6/c1-6-4-7(15-2)8(18-6)5-17-22(11,12)20-23(13,14)19-21(9,10)16-3;2*1-2/h6-8H,4-5H2,1-3H3,(H,9,10)(H,11,12)(H,13,14);2*1-2H3/p-3/t6-,7?,8+;;/m0../s1. The maximum atomic E-state index is 11.5. The minimum atomic E-state index is -5.77. The van der Waals surface area contributed by atoms with Gasteiger partial charge in [0.1, 0.15) is 6.10 Å². The highest BCUT2D eigenvalue weighted by Crippen LogP contribution is 2.62. The average Bonchev–Trinajstić information content (AvgIpc) is 2.95. The molecule has 12 nitrogen and oxygen atoms in total. The zero-order valence-corrected chi connectivity index (χ0v) is 19.1. The number of hydrogen-bond acceptors (Lipinski definition) is 12. The first-order chi connectivity index (χ1) is 12.4. The molecule has 1 rings (SSSR count). The number of phosphoric acid groups is 3. The van der Waals surface area contributed by atoms with E-state index in [0.717, 1.165) is 0 Å². The molecule has 0 aliphatic carbocycles. The van der Waals surface area contributed by atoms with Crippen molar-refractivity contribution in [2.45, 2.75) is 59.4 Å². The van der Waals surface area contributed by atoms with Gasteiger partial charge in [-0.15, -0.1) is 0 Å². The van der Waals surface area contributed by atoms with Crippen LogP contribution in [0.5, 0.6) is 0 Å². The van der Waals surface area contributed by atoms with Gasteiger partial charge >= 0.3 is 0 Å². The van der Waals surface area contributed by atoms with Crippen LogP contribution in [-0.4, -0.2) is 39.1 Å². The molecular weight excluding hydrogens is 429 g/mol. The van der Waals surface area contributed by atoms with Crippen LogP contribution in [0.1, 0.15) is 41.0 Å². The van der Waals surface area contributed by atoms with Gasteiger partial charge in [0.25, 0.3) is 23.5 Å². The smallest absolute Gasteiger partial charge is 0.280 e. The third-order valence-corrected chi connectivity index (χ3v) is 6.82. The van der Waals surface area contributed by atoms with Crippen molar-refractivity contribution in [3.63, 3.8) is 0 Å². The molecule has 1 saturated heterocycles. The van der Waals surface area contributed by atoms with Gasteiger partial charge in [-0.05, 0) is 6.92 Å². The SMILES string of the molecule is CC.CC.COC1C[C@H](C)O[C@@H]1COP(=O)([O-])OP(=O)([O-])OP(=O)([O-])OC. The Bertz CT molecular complexity index is 542. The van der Waals surface area contributed by atoms with E-state index in [1.165, 1.54) is 7.11 Å². The molecule has 0 radical (unpaired) electrons. The first-order valence-electron chi connectivity index (χ1n) is 8.14. The van der Waals surface area contributed by atoms with Gasteiger partial charge in [0.2, 0.25) is 0 Å². The minimum Gasteiger partial charge on any atom is -0.756 e. The first kappa shape index (κ1) is 29.5. The molecule has 1 fully saturated rings. The molecule has 1 heterocycles. The third-order valence-electron chi connectivity index (χ3n) is 2.71. The monoisotopic (exact) mass is 457 g/mol. The van der Waals surface area contributed by atoms with Gasteiger partial charge in [0.05, 0.1) is 18.8 Å². The number of hydrogen-bond donors (Lipinski definition) is 0. The van der Waals surface area contributed by atoms with Crippen molar-refractivity contribution in [3.05, 3.63) is 0 Å². The third kappa shape index (κ3) is 12.5. The topological polar surface area (TPSA) is 176 Å². The maximum absolute atomic E-state index is 11.5. The van der Waals surface area contributed by atoms with E-state index >= 15 is 0 Å². The van der Waals surface area contributed by atoms with E-state index < -0.39 is 42.3 Å². The van der Waals surface area contributed by atoms with Crippen LogP contribution in [0.2, 0.25) is 0 Å². The predicted molar refractivity (Wildman–Crippen MR) is 90.4 cm³/mol. The van der Waals surface area contributed by atoms with E-state index in [9.17, 15) is 28.4 Å². The summed E-state index contributed by atoms with van der Waals surface area (Å²) in [6.45, 7) is 9.15. The highest BCUT2D eigenvalue weighted by molar-refractivity contribution is 7.65. The number of phosphoric ester groups is 2. The molecule has 15 heteroatoms. The largest absolute Gasteiger partial charge is 0.756 e. The van der Waals surface area contributed by atoms with Gasteiger partial charge in [-0.3, -0.25) is 13.7 Å². The molecule has 0 aromatic rings. The number of rotatable bonds is 9. The van der Waals surface area contributed by atoms with E-state index in [2.05, 4.69) is 17.7 Å². The highest BCUT2D eigenvalue weighted by atomic mass is 31.3. The van der Waals surface area contributed by atoms with Crippen LogP contribution in [0, 0.1) is 0 Å². The van der Waals surface area contributed by atoms with Crippen molar-refractivity contribution in [3.8, 4) is 0 Å². The van der Waals surface area contributed by atoms with Crippen molar-refractivity contribution in [1.29, 1.82) is 0 Å². The summed E-state index contributed by atoms with van der Waals surface area (Å²) in [5, 5.41) is 0. The first-order valence-corrected chi connectivity index (χ1v) is 12.5. The average molecular weight is 457 g/mol. The van der Waals surface area contributed by atoms with Crippen molar-refractivity contribution in [1.82, 2.24) is 0 Å². The fourth-order valence-electron chi connectivity index (χ4n) is 1.80. The molecule has 0 aromatic heterocycles. The van der Waals surface area contributed by atoms with Crippen molar-refractivity contribution < 1.29 is 55.5 Å². The summed E-state index contributed by atoms with van der Waals surface area (Å²) < 4.78 is 59.1. The quantitative estimate of drug-likeness (QED) is 0.455. The molecule has 0 saturated carbocycles. The van der Waals surface area contributed by atoms with Crippen LogP contribution in [0.3, 0.4) is 0 Å². The molecule has 1 aliphatic heterocycles. The molecule has 0 aromatic carbocycles. The highest BCUT2D eigenvalue weighted by Gasteiger charge is 2.35. The summed E-state index contributed by atoms with van der Waals surface area (Å²) in [6, 6.07) is 0. The lowest BCUT2D eigenvalue weighted by Gasteiger charge is -2.34. The molecule has 1 aliphatic rings. The Morgan fingerprint density at radius 2 is 1.41 bits per heavy atom. The van der Waals surface area contributed by atoms with Gasteiger partial charge in [0.15, 0.2) is 0 Å². The van der Waals surface area contributed by atoms with Crippen LogP contribution in [0.25, 0.3) is 0 Å². The lowest BCUT2D eigenvalue weighted by Crippen LogP contribution is -2.29. The molecule has 0 amide bonds. The fraction of sp³-hybridized carbons (Fsp3) is 1.00. The second kappa shape index (κ2) is 13.5. The summed E-state index contributed by atoms with van der Waals surface area (Å²) in [4.78, 5) is 33.5. The van der Waals surface area contributed by atoms with Crippen molar-refractivity contribution in [2.24, 2.45) is 0 Å². The van der Waals surface area contributed by atoms with Crippen molar-refractivity contribution >= 4 is 23.5 Å². The Kier molecular flexibility index (Phi) is 14.8. The van der Waals surface area contributed by atoms with E-state index in [-0.39, 0.29) is 6.10 Å². The lowest BCUT2D eigenvalue weighted by molar-refractivity contribution is -0.251. The van der Waals surface area contributed by atoms with Crippen LogP contribution in [0.15, 0.2) is 0 Å². The molecule has 0 N–H and O–H groups in total. The Balaban J connectivity index is 0. The van der Waals surface area contributed by atoms with Gasteiger partial charge in [-0.2, -0.15) is 0 Å². The zero-order valence-electron chi connectivity index (χ0n) is 16.4. The fourth-order valence-corrected chi connectivity index (χ4v) is 4.93. The Morgan fingerprint density at radius 1 is 0.926 bits per heavy atom.